The molecule has 0 spiro atoms. The van der Waals surface area contributed by atoms with E-state index in [2.05, 4.69) is 6.08 Å². The predicted molar refractivity (Wildman–Crippen MR) is 69.6 cm³/mol. The third-order valence-electron chi connectivity index (χ3n) is 5.17. The van der Waals surface area contributed by atoms with Crippen LogP contribution in [0, 0.1) is 11.3 Å². The number of carbonyl (C=O) groups excluding carboxylic acids is 1. The van der Waals surface area contributed by atoms with Crippen molar-refractivity contribution in [3.63, 3.8) is 0 Å². The van der Waals surface area contributed by atoms with Gasteiger partial charge in [0.25, 0.3) is 0 Å². The van der Waals surface area contributed by atoms with Gasteiger partial charge < -0.3 is 19.0 Å². The summed E-state index contributed by atoms with van der Waals surface area (Å²) in [5, 5.41) is 0. The van der Waals surface area contributed by atoms with Crippen LogP contribution >= 0.6 is 0 Å². The first-order valence-electron chi connectivity index (χ1n) is 7.12. The van der Waals surface area contributed by atoms with Crippen molar-refractivity contribution in [2.45, 2.75) is 50.6 Å². The van der Waals surface area contributed by atoms with Crippen molar-refractivity contribution in [1.29, 1.82) is 0 Å². The van der Waals surface area contributed by atoms with E-state index < -0.39 is 0 Å². The third kappa shape index (κ3) is 1.81. The minimum Gasteiger partial charge on any atom is -0.381 e. The third-order valence-corrected chi connectivity index (χ3v) is 5.17. The van der Waals surface area contributed by atoms with E-state index in [0.717, 1.165) is 32.0 Å². The molecule has 0 aromatic heterocycles. The summed E-state index contributed by atoms with van der Waals surface area (Å²) >= 11 is 0. The van der Waals surface area contributed by atoms with E-state index in [1.54, 1.807) is 14.2 Å². The Kier molecular flexibility index (Phi) is 3.50. The number of allylic oxidation sites excluding steroid dienone is 1. The first-order valence-corrected chi connectivity index (χ1v) is 7.12. The molecular formula is C15H22O4. The summed E-state index contributed by atoms with van der Waals surface area (Å²) in [5.74, 6) is 0.402. The zero-order chi connectivity index (χ0) is 13.5. The van der Waals surface area contributed by atoms with Crippen molar-refractivity contribution in [2.75, 3.05) is 14.2 Å². The number of carbonyl (C=O) groups is 1. The number of hydrogen-bond donors (Lipinski definition) is 0. The van der Waals surface area contributed by atoms with E-state index in [-0.39, 0.29) is 23.9 Å². The Morgan fingerprint density at radius 3 is 2.95 bits per heavy atom. The van der Waals surface area contributed by atoms with Crippen LogP contribution in [0.25, 0.3) is 0 Å². The maximum atomic E-state index is 11.2. The van der Waals surface area contributed by atoms with E-state index in [1.165, 1.54) is 5.57 Å². The molecule has 4 bridgehead atoms. The summed E-state index contributed by atoms with van der Waals surface area (Å²) in [6.07, 6.45) is 7.83. The molecule has 1 saturated heterocycles. The first-order chi connectivity index (χ1) is 9.26. The van der Waals surface area contributed by atoms with Crippen LogP contribution < -0.4 is 0 Å². The molecule has 1 heterocycles. The molecule has 0 aromatic rings. The van der Waals surface area contributed by atoms with Gasteiger partial charge in [-0.25, -0.2) is 0 Å². The molecule has 1 saturated carbocycles. The highest BCUT2D eigenvalue weighted by Crippen LogP contribution is 2.56. The van der Waals surface area contributed by atoms with Gasteiger partial charge in [-0.1, -0.05) is 6.08 Å². The lowest BCUT2D eigenvalue weighted by molar-refractivity contribution is -0.185. The van der Waals surface area contributed by atoms with Gasteiger partial charge in [-0.3, -0.25) is 0 Å². The van der Waals surface area contributed by atoms with E-state index >= 15 is 0 Å². The fourth-order valence-electron chi connectivity index (χ4n) is 4.29. The lowest BCUT2D eigenvalue weighted by Crippen LogP contribution is -2.37. The van der Waals surface area contributed by atoms with Crippen LogP contribution in [0.5, 0.6) is 0 Å². The highest BCUT2D eigenvalue weighted by molar-refractivity contribution is 5.54. The van der Waals surface area contributed by atoms with Gasteiger partial charge in [-0.2, -0.15) is 0 Å². The first kappa shape index (κ1) is 13.3. The number of aldehydes is 1. The molecule has 0 aromatic carbocycles. The van der Waals surface area contributed by atoms with Crippen molar-refractivity contribution in [3.8, 4) is 0 Å². The largest absolute Gasteiger partial charge is 0.381 e. The summed E-state index contributed by atoms with van der Waals surface area (Å²) in [4.78, 5) is 11.2. The SMILES string of the molecule is CO[C@H]1O[C@@H]2C3=CCC[C@@H]2[C@@H](OC)CC[C@]31CC=O. The fraction of sp³-hybridized carbons (Fsp3) is 0.800. The average molecular weight is 266 g/mol. The van der Waals surface area contributed by atoms with Crippen LogP contribution in [-0.2, 0) is 19.0 Å². The summed E-state index contributed by atoms with van der Waals surface area (Å²) in [7, 11) is 3.45. The molecule has 3 rings (SSSR count). The Hall–Kier alpha value is -0.710. The van der Waals surface area contributed by atoms with Crippen LogP contribution in [0.2, 0.25) is 0 Å². The van der Waals surface area contributed by atoms with E-state index in [0.29, 0.717) is 12.3 Å². The van der Waals surface area contributed by atoms with Gasteiger partial charge in [-0.05, 0) is 31.3 Å². The van der Waals surface area contributed by atoms with Crippen molar-refractivity contribution in [3.05, 3.63) is 11.6 Å². The molecule has 5 atom stereocenters. The standard InChI is InChI=1S/C15H22O4/c1-17-12-6-7-15(8-9-16)11-5-3-4-10(12)13(11)19-14(15)18-2/h5,9-10,12-14H,3-4,6-8H2,1-2H3/t10-,12+,13+,14+,15+/m1/s1. The van der Waals surface area contributed by atoms with Crippen LogP contribution in [-0.4, -0.2) is 39.0 Å². The van der Waals surface area contributed by atoms with Crippen molar-refractivity contribution in [2.24, 2.45) is 11.3 Å². The molecule has 3 aliphatic rings. The minimum atomic E-state index is -0.285. The Morgan fingerprint density at radius 1 is 1.42 bits per heavy atom. The fourth-order valence-corrected chi connectivity index (χ4v) is 4.29. The maximum Gasteiger partial charge on any atom is 0.167 e. The molecule has 4 heteroatoms. The van der Waals surface area contributed by atoms with Crippen LogP contribution in [0.15, 0.2) is 11.6 Å². The van der Waals surface area contributed by atoms with Gasteiger partial charge in [0, 0.05) is 26.6 Å². The Morgan fingerprint density at radius 2 is 2.26 bits per heavy atom. The molecule has 2 fully saturated rings. The van der Waals surface area contributed by atoms with Crippen LogP contribution in [0.1, 0.15) is 32.1 Å². The van der Waals surface area contributed by atoms with Gasteiger partial charge in [0.1, 0.15) is 6.29 Å². The molecule has 2 aliphatic carbocycles. The monoisotopic (exact) mass is 266 g/mol. The lowest BCUT2D eigenvalue weighted by Gasteiger charge is -2.33. The van der Waals surface area contributed by atoms with E-state index in [1.807, 2.05) is 0 Å². The Balaban J connectivity index is 2.03. The molecule has 1 aliphatic heterocycles. The molecule has 0 N–H and O–H groups in total. The van der Waals surface area contributed by atoms with Crippen molar-refractivity contribution in [1.82, 2.24) is 0 Å². The number of methoxy groups -OCH3 is 2. The summed E-state index contributed by atoms with van der Waals surface area (Å²) in [5.41, 5.74) is 1.04. The predicted octanol–water partition coefficient (Wildman–Crippen LogP) is 2.08. The molecule has 0 unspecified atom stereocenters. The van der Waals surface area contributed by atoms with Crippen LogP contribution in [0.4, 0.5) is 0 Å². The summed E-state index contributed by atoms with van der Waals surface area (Å²) in [6.45, 7) is 0. The smallest absolute Gasteiger partial charge is 0.167 e. The number of ether oxygens (including phenoxy) is 3. The Bertz CT molecular complexity index is 392. The van der Waals surface area contributed by atoms with Gasteiger partial charge in [0.05, 0.1) is 17.6 Å². The zero-order valence-corrected chi connectivity index (χ0v) is 11.6. The second kappa shape index (κ2) is 5.00. The number of rotatable bonds is 4. The zero-order valence-electron chi connectivity index (χ0n) is 11.6. The van der Waals surface area contributed by atoms with Crippen LogP contribution in [0.3, 0.4) is 0 Å². The Labute approximate surface area is 114 Å². The second-order valence-electron chi connectivity index (χ2n) is 5.86. The molecule has 4 nitrogen and oxygen atoms in total. The average Bonchev–Trinajstić information content (AvgIpc) is 2.71. The van der Waals surface area contributed by atoms with Gasteiger partial charge >= 0.3 is 0 Å². The van der Waals surface area contributed by atoms with Crippen molar-refractivity contribution < 1.29 is 19.0 Å². The molecule has 0 radical (unpaired) electrons. The molecule has 0 amide bonds. The normalized spacial score (nSPS) is 44.6. The topological polar surface area (TPSA) is 44.8 Å². The second-order valence-corrected chi connectivity index (χ2v) is 5.86. The van der Waals surface area contributed by atoms with Crippen molar-refractivity contribution >= 4 is 6.29 Å². The summed E-state index contributed by atoms with van der Waals surface area (Å²) in [6, 6.07) is 0. The number of hydrogen-bond acceptors (Lipinski definition) is 4. The van der Waals surface area contributed by atoms with E-state index in [4.69, 9.17) is 14.2 Å². The molecule has 106 valence electrons. The molecule has 19 heavy (non-hydrogen) atoms. The molecular weight excluding hydrogens is 244 g/mol. The summed E-state index contributed by atoms with van der Waals surface area (Å²) < 4.78 is 17.4. The van der Waals surface area contributed by atoms with Gasteiger partial charge in [0.15, 0.2) is 6.29 Å². The van der Waals surface area contributed by atoms with E-state index in [9.17, 15) is 4.79 Å². The maximum absolute atomic E-state index is 11.2. The van der Waals surface area contributed by atoms with Gasteiger partial charge in [0.2, 0.25) is 0 Å². The minimum absolute atomic E-state index is 0.0751. The lowest BCUT2D eigenvalue weighted by atomic mass is 9.72. The quantitative estimate of drug-likeness (QED) is 0.577. The highest BCUT2D eigenvalue weighted by atomic mass is 16.7. The van der Waals surface area contributed by atoms with Gasteiger partial charge in [-0.15, -0.1) is 0 Å². The highest BCUT2D eigenvalue weighted by Gasteiger charge is 2.58.